The maximum Gasteiger partial charge on any atom is 0.140 e. The first kappa shape index (κ1) is 36.6. The van der Waals surface area contributed by atoms with Crippen LogP contribution in [0.4, 0.5) is 0 Å². The summed E-state index contributed by atoms with van der Waals surface area (Å²) in [6.45, 7) is 5.84. The van der Waals surface area contributed by atoms with Gasteiger partial charge in [-0.25, -0.2) is 0 Å². The Hall–Kier alpha value is -3.22. The van der Waals surface area contributed by atoms with Crippen LogP contribution >= 0.6 is 22.7 Å². The van der Waals surface area contributed by atoms with Gasteiger partial charge in [0.15, 0.2) is 0 Å². The number of ether oxygens (including phenoxy) is 2. The molecule has 47 heavy (non-hydrogen) atoms. The van der Waals surface area contributed by atoms with Gasteiger partial charge in [-0.15, -0.1) is 22.7 Å². The lowest BCUT2D eigenvalue weighted by Crippen LogP contribution is -2.26. The lowest BCUT2D eigenvalue weighted by molar-refractivity contribution is 0.0251. The topological polar surface area (TPSA) is 140 Å². The van der Waals surface area contributed by atoms with Crippen molar-refractivity contribution in [2.45, 2.75) is 98.1 Å². The third-order valence-electron chi connectivity index (χ3n) is 8.77. The van der Waals surface area contributed by atoms with Gasteiger partial charge in [0.1, 0.15) is 30.5 Å². The molecule has 8 nitrogen and oxygen atoms in total. The normalized spacial score (nSPS) is 12.3. The Morgan fingerprint density at radius 1 is 0.681 bits per heavy atom. The quantitative estimate of drug-likeness (QED) is 0.0643. The molecular formula is C37H46O8S2. The number of hydrogen-bond acceptors (Lipinski definition) is 10. The van der Waals surface area contributed by atoms with E-state index in [1.807, 2.05) is 19.2 Å². The maximum atomic E-state index is 11.5. The predicted molar refractivity (Wildman–Crippen MR) is 187 cm³/mol. The van der Waals surface area contributed by atoms with Gasteiger partial charge < -0.3 is 40.1 Å². The first-order valence-electron chi connectivity index (χ1n) is 16.0. The Balaban J connectivity index is 1.61. The molecule has 6 N–H and O–H groups in total. The molecule has 0 radical (unpaired) electrons. The molecule has 2 heterocycles. The monoisotopic (exact) mass is 682 g/mol. The van der Waals surface area contributed by atoms with Crippen molar-refractivity contribution >= 4 is 33.8 Å². The van der Waals surface area contributed by atoms with Gasteiger partial charge in [0.25, 0.3) is 0 Å². The molecule has 0 saturated heterocycles. The molecule has 0 fully saturated rings. The molecule has 2 aromatic heterocycles. The number of allylic oxidation sites excluding steroid dienone is 2. The summed E-state index contributed by atoms with van der Waals surface area (Å²) in [5.74, 6) is 1.30. The number of aliphatic hydroxyl groups is 5. The second-order valence-electron chi connectivity index (χ2n) is 11.6. The molecular weight excluding hydrogens is 637 g/mol. The van der Waals surface area contributed by atoms with Gasteiger partial charge in [0, 0.05) is 21.4 Å². The molecule has 0 bridgehead atoms. The smallest absolute Gasteiger partial charge is 0.140 e. The van der Waals surface area contributed by atoms with Crippen molar-refractivity contribution in [1.82, 2.24) is 0 Å². The highest BCUT2D eigenvalue weighted by molar-refractivity contribution is 7.12. The molecule has 4 aromatic rings. The highest BCUT2D eigenvalue weighted by Crippen LogP contribution is 2.44. The number of hydrogen-bond donors (Lipinski definition) is 6. The minimum absolute atomic E-state index is 0.131. The minimum atomic E-state index is -0.804. The molecule has 0 aliphatic rings. The van der Waals surface area contributed by atoms with Gasteiger partial charge in [-0.05, 0) is 101 Å². The van der Waals surface area contributed by atoms with Crippen molar-refractivity contribution in [3.05, 3.63) is 96.4 Å². The van der Waals surface area contributed by atoms with E-state index in [0.717, 1.165) is 32.9 Å². The van der Waals surface area contributed by atoms with Crippen molar-refractivity contribution in [3.8, 4) is 17.2 Å². The fraction of sp³-hybridized carbons (Fsp3) is 0.405. The van der Waals surface area contributed by atoms with Crippen LogP contribution in [0.1, 0.15) is 96.0 Å². The summed E-state index contributed by atoms with van der Waals surface area (Å²) in [4.78, 5) is 1.82. The van der Waals surface area contributed by atoms with E-state index >= 15 is 0 Å². The fourth-order valence-corrected chi connectivity index (χ4v) is 7.62. The lowest BCUT2D eigenvalue weighted by atomic mass is 9.87. The molecule has 0 amide bonds. The average molecular weight is 683 g/mol. The molecule has 10 heteroatoms. The van der Waals surface area contributed by atoms with Crippen LogP contribution in [0.25, 0.3) is 11.1 Å². The number of benzene rings is 2. The van der Waals surface area contributed by atoms with Gasteiger partial charge in [-0.1, -0.05) is 32.9 Å². The van der Waals surface area contributed by atoms with E-state index in [4.69, 9.17) is 9.47 Å². The zero-order chi connectivity index (χ0) is 34.0. The Bertz CT molecular complexity index is 1630. The number of aliphatic hydroxyl groups excluding tert-OH is 4. The zero-order valence-corrected chi connectivity index (χ0v) is 28.9. The summed E-state index contributed by atoms with van der Waals surface area (Å²) in [6, 6.07) is 12.5. The summed E-state index contributed by atoms with van der Waals surface area (Å²) in [7, 11) is 0. The Kier molecular flexibility index (Phi) is 13.4. The van der Waals surface area contributed by atoms with E-state index in [1.54, 1.807) is 47.7 Å². The van der Waals surface area contributed by atoms with Crippen LogP contribution in [0.3, 0.4) is 0 Å². The summed E-state index contributed by atoms with van der Waals surface area (Å²) in [5.41, 5.74) is 5.45. The number of rotatable bonds is 18. The molecule has 0 saturated carbocycles. The average Bonchev–Trinajstić information content (AvgIpc) is 3.73. The van der Waals surface area contributed by atoms with Crippen LogP contribution in [0, 0.1) is 0 Å². The summed E-state index contributed by atoms with van der Waals surface area (Å²) in [5, 5.41) is 64.9. The van der Waals surface area contributed by atoms with E-state index < -0.39 is 5.60 Å². The van der Waals surface area contributed by atoms with Crippen molar-refractivity contribution in [3.63, 3.8) is 0 Å². The number of aromatic hydroxyl groups is 1. The van der Waals surface area contributed by atoms with Crippen molar-refractivity contribution in [2.24, 2.45) is 0 Å². The third kappa shape index (κ3) is 9.03. The van der Waals surface area contributed by atoms with E-state index in [0.29, 0.717) is 71.6 Å². The first-order valence-corrected chi connectivity index (χ1v) is 17.7. The molecule has 0 aliphatic heterocycles. The molecule has 2 aromatic carbocycles. The van der Waals surface area contributed by atoms with Crippen LogP contribution in [0.2, 0.25) is 0 Å². The highest BCUT2D eigenvalue weighted by atomic mass is 32.1. The van der Waals surface area contributed by atoms with Crippen molar-refractivity contribution < 1.29 is 40.1 Å². The Labute approximate surface area is 284 Å². The third-order valence-corrected chi connectivity index (χ3v) is 10.9. The second kappa shape index (κ2) is 17.3. The van der Waals surface area contributed by atoms with E-state index in [9.17, 15) is 30.6 Å². The SMILES string of the molecule is CC/C(=C(\CCC(O)(CC)CC)c1scc(COc2ccc(CO)c(CO)c2)c1O)c1cc(COc2ccc(CO)c(CO)c2)cs1. The predicted octanol–water partition coefficient (Wildman–Crippen LogP) is 7.29. The molecule has 4 rings (SSSR count). The highest BCUT2D eigenvalue weighted by Gasteiger charge is 2.26. The first-order chi connectivity index (χ1) is 22.7. The van der Waals surface area contributed by atoms with Gasteiger partial charge in [-0.2, -0.15) is 0 Å². The van der Waals surface area contributed by atoms with Crippen molar-refractivity contribution in [2.75, 3.05) is 0 Å². The van der Waals surface area contributed by atoms with E-state index in [1.165, 1.54) is 11.3 Å². The molecule has 0 atom stereocenters. The summed E-state index contributed by atoms with van der Waals surface area (Å²) in [6.07, 6.45) is 3.14. The lowest BCUT2D eigenvalue weighted by Gasteiger charge is -2.26. The van der Waals surface area contributed by atoms with Crippen LogP contribution in [-0.4, -0.2) is 36.2 Å². The van der Waals surface area contributed by atoms with Crippen LogP contribution < -0.4 is 9.47 Å². The van der Waals surface area contributed by atoms with E-state index in [-0.39, 0.29) is 38.8 Å². The van der Waals surface area contributed by atoms with Crippen LogP contribution in [0.15, 0.2) is 53.2 Å². The van der Waals surface area contributed by atoms with Crippen LogP contribution in [0.5, 0.6) is 17.2 Å². The van der Waals surface area contributed by atoms with E-state index in [2.05, 4.69) is 18.4 Å². The Morgan fingerprint density at radius 2 is 1.26 bits per heavy atom. The van der Waals surface area contributed by atoms with Gasteiger partial charge in [-0.3, -0.25) is 0 Å². The minimum Gasteiger partial charge on any atom is -0.506 e. The number of thiophene rings is 2. The maximum absolute atomic E-state index is 11.5. The largest absolute Gasteiger partial charge is 0.506 e. The Morgan fingerprint density at radius 3 is 1.79 bits per heavy atom. The van der Waals surface area contributed by atoms with Gasteiger partial charge in [0.2, 0.25) is 0 Å². The van der Waals surface area contributed by atoms with Gasteiger partial charge in [0.05, 0.1) is 36.9 Å². The van der Waals surface area contributed by atoms with Crippen molar-refractivity contribution in [1.29, 1.82) is 0 Å². The standard InChI is InChI=1S/C37H46O8S2/c1-4-32(34-13-24(22-46-34)20-44-30-9-7-25(16-38)27(14-30)18-40)33(11-12-37(43,5-2)6-3)36-35(42)29(23-47-36)21-45-31-10-8-26(17-39)28(15-31)19-41/h7-10,13-15,22-23,38-43H,4-6,11-12,16-21H2,1-3H3/b33-32-. The molecule has 0 aliphatic carbocycles. The molecule has 254 valence electrons. The fourth-order valence-electron chi connectivity index (χ4n) is 5.53. The van der Waals surface area contributed by atoms with Gasteiger partial charge >= 0.3 is 0 Å². The van der Waals surface area contributed by atoms with Crippen LogP contribution in [-0.2, 0) is 39.6 Å². The summed E-state index contributed by atoms with van der Waals surface area (Å²) >= 11 is 3.07. The molecule has 0 unspecified atom stereocenters. The second-order valence-corrected chi connectivity index (χ2v) is 13.4. The molecule has 0 spiro atoms. The summed E-state index contributed by atoms with van der Waals surface area (Å²) < 4.78 is 12.0. The zero-order valence-electron chi connectivity index (χ0n) is 27.3.